The Morgan fingerprint density at radius 1 is 1.07 bits per heavy atom. The van der Waals surface area contributed by atoms with Crippen LogP contribution in [0, 0.1) is 5.92 Å². The van der Waals surface area contributed by atoms with Gasteiger partial charge in [0.05, 0.1) is 10.3 Å². The number of rotatable bonds is 2. The summed E-state index contributed by atoms with van der Waals surface area (Å²) in [4.78, 5) is 8.03. The molecule has 2 aromatic heterocycles. The van der Waals surface area contributed by atoms with Crippen molar-refractivity contribution in [1.29, 1.82) is 0 Å². The van der Waals surface area contributed by atoms with Gasteiger partial charge in [0.15, 0.2) is 0 Å². The Morgan fingerprint density at radius 2 is 1.81 bits per heavy atom. The number of halogens is 4. The second-order valence-corrected chi connectivity index (χ2v) is 9.14. The molecule has 0 unspecified atom stereocenters. The highest BCUT2D eigenvalue weighted by molar-refractivity contribution is 7.19. The summed E-state index contributed by atoms with van der Waals surface area (Å²) in [5, 5.41) is 0. The molecule has 0 bridgehead atoms. The molecule has 0 radical (unpaired) electrons. The highest BCUT2D eigenvalue weighted by Crippen LogP contribution is 2.40. The van der Waals surface area contributed by atoms with E-state index in [1.165, 1.54) is 12.0 Å². The van der Waals surface area contributed by atoms with Gasteiger partial charge < -0.3 is 4.90 Å². The second-order valence-electron chi connectivity index (χ2n) is 7.42. The molecule has 27 heavy (non-hydrogen) atoms. The Hall–Kier alpha value is -1.27. The minimum Gasteiger partial charge on any atom is -0.357 e. The van der Waals surface area contributed by atoms with Crippen LogP contribution in [0.1, 0.15) is 43.4 Å². The average molecular weight is 415 g/mol. The van der Waals surface area contributed by atoms with Crippen molar-refractivity contribution in [2.24, 2.45) is 5.92 Å². The van der Waals surface area contributed by atoms with Gasteiger partial charge in [-0.25, -0.2) is 4.98 Å². The molecule has 1 saturated heterocycles. The first kappa shape index (κ1) is 19.1. The van der Waals surface area contributed by atoms with Crippen molar-refractivity contribution in [1.82, 2.24) is 4.98 Å². The highest BCUT2D eigenvalue weighted by atomic mass is 35.5. The van der Waals surface area contributed by atoms with E-state index >= 15 is 0 Å². The van der Waals surface area contributed by atoms with Gasteiger partial charge in [-0.2, -0.15) is 13.2 Å². The molecule has 0 spiro atoms. The number of hydrogen-bond acceptors (Lipinski definition) is 3. The third kappa shape index (κ3) is 4.11. The maximum atomic E-state index is 13.0. The van der Waals surface area contributed by atoms with Crippen molar-refractivity contribution in [3.8, 4) is 10.4 Å². The van der Waals surface area contributed by atoms with E-state index in [1.807, 2.05) is 17.0 Å². The molecule has 0 aromatic carbocycles. The first-order valence-electron chi connectivity index (χ1n) is 9.52. The number of nitrogens with zero attached hydrogens (tertiary/aromatic N) is 2. The number of alkyl halides is 3. The minimum atomic E-state index is -4.09. The van der Waals surface area contributed by atoms with Gasteiger partial charge in [-0.1, -0.05) is 18.0 Å². The summed E-state index contributed by atoms with van der Waals surface area (Å²) in [5.41, 5.74) is 3.56. The first-order valence-corrected chi connectivity index (χ1v) is 10.7. The molecule has 1 aliphatic heterocycles. The van der Waals surface area contributed by atoms with Crippen LogP contribution in [0.4, 0.5) is 19.0 Å². The molecule has 1 aliphatic carbocycles. The number of piperidine rings is 1. The van der Waals surface area contributed by atoms with E-state index in [0.717, 1.165) is 52.0 Å². The standard InChI is InChI=1S/C20H22ClF3N2S/c21-18-7-6-17(27-18)15-12-19(25-16-5-3-1-2-4-14(15)16)26-10-8-13(9-11-26)20(22,23)24/h6-7,12-13H,1-5,8-11H2. The van der Waals surface area contributed by atoms with Crippen LogP contribution >= 0.6 is 22.9 Å². The molecule has 146 valence electrons. The maximum absolute atomic E-state index is 13.0. The minimum absolute atomic E-state index is 0.141. The van der Waals surface area contributed by atoms with E-state index in [9.17, 15) is 13.2 Å². The summed E-state index contributed by atoms with van der Waals surface area (Å²) in [7, 11) is 0. The molecule has 0 amide bonds. The highest BCUT2D eigenvalue weighted by Gasteiger charge is 2.41. The van der Waals surface area contributed by atoms with Crippen LogP contribution in [0.25, 0.3) is 10.4 Å². The molecule has 4 rings (SSSR count). The summed E-state index contributed by atoms with van der Waals surface area (Å²) in [6.45, 7) is 0.807. The summed E-state index contributed by atoms with van der Waals surface area (Å²) in [6, 6.07) is 6.01. The predicted molar refractivity (Wildman–Crippen MR) is 105 cm³/mol. The van der Waals surface area contributed by atoms with Gasteiger partial charge in [0.1, 0.15) is 5.82 Å². The van der Waals surface area contributed by atoms with Gasteiger partial charge in [0.25, 0.3) is 0 Å². The maximum Gasteiger partial charge on any atom is 0.391 e. The molecular formula is C20H22ClF3N2S. The molecular weight excluding hydrogens is 393 g/mol. The van der Waals surface area contributed by atoms with Crippen LogP contribution in [0.15, 0.2) is 18.2 Å². The van der Waals surface area contributed by atoms with E-state index < -0.39 is 12.1 Å². The summed E-state index contributed by atoms with van der Waals surface area (Å²) < 4.78 is 39.7. The molecule has 7 heteroatoms. The normalized spacial score (nSPS) is 19.0. The zero-order valence-corrected chi connectivity index (χ0v) is 16.6. The Kier molecular flexibility index (Phi) is 5.39. The van der Waals surface area contributed by atoms with Gasteiger partial charge in [-0.05, 0) is 62.3 Å². The number of thiophene rings is 1. The van der Waals surface area contributed by atoms with Crippen LogP contribution in [-0.2, 0) is 12.8 Å². The van der Waals surface area contributed by atoms with Crippen LogP contribution in [-0.4, -0.2) is 24.2 Å². The number of aromatic nitrogens is 1. The molecule has 0 N–H and O–H groups in total. The fourth-order valence-corrected chi connectivity index (χ4v) is 5.23. The number of anilines is 1. The Labute approximate surface area is 166 Å². The number of pyridine rings is 1. The Balaban J connectivity index is 1.67. The second kappa shape index (κ2) is 7.63. The van der Waals surface area contributed by atoms with Gasteiger partial charge >= 0.3 is 6.18 Å². The quantitative estimate of drug-likeness (QED) is 0.520. The van der Waals surface area contributed by atoms with Crippen molar-refractivity contribution in [3.05, 3.63) is 33.8 Å². The molecule has 1 fully saturated rings. The first-order chi connectivity index (χ1) is 12.9. The molecule has 2 nitrogen and oxygen atoms in total. The lowest BCUT2D eigenvalue weighted by atomic mass is 9.95. The van der Waals surface area contributed by atoms with E-state index in [2.05, 4.69) is 6.07 Å². The van der Waals surface area contributed by atoms with Crippen molar-refractivity contribution in [2.75, 3.05) is 18.0 Å². The van der Waals surface area contributed by atoms with E-state index in [4.69, 9.17) is 16.6 Å². The van der Waals surface area contributed by atoms with E-state index in [0.29, 0.717) is 13.1 Å². The zero-order valence-electron chi connectivity index (χ0n) is 15.0. The topological polar surface area (TPSA) is 16.1 Å². The lowest BCUT2D eigenvalue weighted by molar-refractivity contribution is -0.179. The number of hydrogen-bond donors (Lipinski definition) is 0. The lowest BCUT2D eigenvalue weighted by Crippen LogP contribution is -2.39. The monoisotopic (exact) mass is 414 g/mol. The average Bonchev–Trinajstić information content (AvgIpc) is 2.93. The number of fused-ring (bicyclic) bond motifs is 1. The van der Waals surface area contributed by atoms with Gasteiger partial charge in [-0.15, -0.1) is 11.3 Å². The molecule has 0 atom stereocenters. The smallest absolute Gasteiger partial charge is 0.357 e. The molecule has 2 aliphatic rings. The van der Waals surface area contributed by atoms with Crippen LogP contribution in [0.2, 0.25) is 4.34 Å². The fourth-order valence-electron chi connectivity index (χ4n) is 4.14. The fraction of sp³-hybridized carbons (Fsp3) is 0.550. The summed E-state index contributed by atoms with van der Waals surface area (Å²) in [6.07, 6.45) is 1.59. The van der Waals surface area contributed by atoms with E-state index in [1.54, 1.807) is 11.3 Å². The largest absolute Gasteiger partial charge is 0.391 e. The van der Waals surface area contributed by atoms with Crippen molar-refractivity contribution < 1.29 is 13.2 Å². The Bertz CT molecular complexity index is 810. The Morgan fingerprint density at radius 3 is 2.48 bits per heavy atom. The van der Waals surface area contributed by atoms with Crippen molar-refractivity contribution in [3.63, 3.8) is 0 Å². The van der Waals surface area contributed by atoms with Gasteiger partial charge in [0.2, 0.25) is 0 Å². The van der Waals surface area contributed by atoms with Crippen LogP contribution < -0.4 is 4.90 Å². The zero-order chi connectivity index (χ0) is 19.0. The SMILES string of the molecule is FC(F)(F)C1CCN(c2cc(-c3ccc(Cl)s3)c3c(n2)CCCCC3)CC1. The summed E-state index contributed by atoms with van der Waals surface area (Å²) >= 11 is 7.71. The number of aryl methyl sites for hydroxylation is 1. The third-order valence-corrected chi connectivity index (χ3v) is 6.92. The lowest BCUT2D eigenvalue weighted by Gasteiger charge is -2.34. The van der Waals surface area contributed by atoms with Gasteiger partial charge in [0, 0.05) is 29.2 Å². The van der Waals surface area contributed by atoms with Crippen molar-refractivity contribution in [2.45, 2.75) is 51.1 Å². The molecule has 3 heterocycles. The summed E-state index contributed by atoms with van der Waals surface area (Å²) in [5.74, 6) is -0.374. The van der Waals surface area contributed by atoms with Gasteiger partial charge in [-0.3, -0.25) is 0 Å². The van der Waals surface area contributed by atoms with Crippen LogP contribution in [0.3, 0.4) is 0 Å². The van der Waals surface area contributed by atoms with E-state index in [-0.39, 0.29) is 12.8 Å². The predicted octanol–water partition coefficient (Wildman–Crippen LogP) is 6.51. The van der Waals surface area contributed by atoms with Crippen LogP contribution in [0.5, 0.6) is 0 Å². The molecule has 0 saturated carbocycles. The third-order valence-electron chi connectivity index (χ3n) is 5.66. The molecule has 2 aromatic rings. The van der Waals surface area contributed by atoms with Crippen molar-refractivity contribution >= 4 is 28.8 Å².